The molecule has 1 unspecified atom stereocenters. The highest BCUT2D eigenvalue weighted by Crippen LogP contribution is 2.40. The predicted octanol–water partition coefficient (Wildman–Crippen LogP) is 1.03. The van der Waals surface area contributed by atoms with E-state index in [-0.39, 0.29) is 17.5 Å². The summed E-state index contributed by atoms with van der Waals surface area (Å²) in [5, 5.41) is 8.41. The summed E-state index contributed by atoms with van der Waals surface area (Å²) in [5.41, 5.74) is 5.33. The van der Waals surface area contributed by atoms with Crippen molar-refractivity contribution in [3.63, 3.8) is 0 Å². The molecule has 3 N–H and O–H groups in total. The van der Waals surface area contributed by atoms with Gasteiger partial charge in [-0.2, -0.15) is 0 Å². The van der Waals surface area contributed by atoms with Gasteiger partial charge in [-0.1, -0.05) is 20.8 Å². The summed E-state index contributed by atoms with van der Waals surface area (Å²) in [6.07, 6.45) is 2.87. The molecule has 2 aliphatic rings. The van der Waals surface area contributed by atoms with Gasteiger partial charge in [0, 0.05) is 13.1 Å². The van der Waals surface area contributed by atoms with Crippen molar-refractivity contribution < 1.29 is 4.79 Å². The maximum absolute atomic E-state index is 11.4. The molecule has 0 aromatic rings. The molecule has 5 nitrogen and oxygen atoms in total. The van der Waals surface area contributed by atoms with Gasteiger partial charge in [-0.15, -0.1) is 0 Å². The number of nitrogens with two attached hydrogens (primary N) is 1. The first-order valence-electron chi connectivity index (χ1n) is 7.32. The molecule has 2 atom stereocenters. The normalized spacial score (nSPS) is 29.1. The first kappa shape index (κ1) is 14.3. The molecule has 0 aliphatic carbocycles. The number of nitrogens with one attached hydrogen (secondary N) is 1. The molecule has 0 saturated carbocycles. The fourth-order valence-corrected chi connectivity index (χ4v) is 3.54. The maximum atomic E-state index is 11.4. The zero-order chi connectivity index (χ0) is 14.2. The molecule has 5 heteroatoms. The number of amides is 1. The molecule has 0 bridgehead atoms. The number of carbonyl (C=O) groups is 1. The van der Waals surface area contributed by atoms with E-state index < -0.39 is 0 Å². The zero-order valence-corrected chi connectivity index (χ0v) is 12.3. The number of carbonyl (C=O) groups excluding carboxylic acids is 1. The third-order valence-corrected chi connectivity index (χ3v) is 4.46. The van der Waals surface area contributed by atoms with Crippen LogP contribution >= 0.6 is 0 Å². The number of rotatable bonds is 5. The fraction of sp³-hybridized carbons (Fsp3) is 0.857. The van der Waals surface area contributed by atoms with Gasteiger partial charge in [0.25, 0.3) is 0 Å². The Morgan fingerprint density at radius 2 is 2.21 bits per heavy atom. The minimum Gasteiger partial charge on any atom is -0.368 e. The fourth-order valence-electron chi connectivity index (χ4n) is 3.54. The van der Waals surface area contributed by atoms with Gasteiger partial charge in [-0.05, 0) is 31.7 Å². The summed E-state index contributed by atoms with van der Waals surface area (Å²) in [7, 11) is 0. The van der Waals surface area contributed by atoms with Crippen LogP contribution in [0.25, 0.3) is 0 Å². The molecule has 2 saturated heterocycles. The van der Waals surface area contributed by atoms with E-state index >= 15 is 0 Å². The second-order valence-electron chi connectivity index (χ2n) is 6.28. The molecule has 0 aromatic heterocycles. The molecule has 2 rings (SSSR count). The lowest BCUT2D eigenvalue weighted by molar-refractivity contribution is -0.123. The molecular weight excluding hydrogens is 240 g/mol. The van der Waals surface area contributed by atoms with Gasteiger partial charge < -0.3 is 10.6 Å². The topological polar surface area (TPSA) is 73.4 Å². The Kier molecular flexibility index (Phi) is 3.85. The zero-order valence-electron chi connectivity index (χ0n) is 12.3. The third kappa shape index (κ3) is 2.24. The molecule has 0 aromatic carbocycles. The summed E-state index contributed by atoms with van der Waals surface area (Å²) >= 11 is 0. The second-order valence-corrected chi connectivity index (χ2v) is 6.28. The van der Waals surface area contributed by atoms with Crippen molar-refractivity contribution in [2.45, 2.75) is 51.6 Å². The van der Waals surface area contributed by atoms with Crippen LogP contribution in [0.5, 0.6) is 0 Å². The Bertz CT molecular complexity index is 382. The van der Waals surface area contributed by atoms with Gasteiger partial charge in [0.05, 0.1) is 5.54 Å². The lowest BCUT2D eigenvalue weighted by Gasteiger charge is -2.56. The van der Waals surface area contributed by atoms with Crippen LogP contribution < -0.4 is 5.73 Å². The number of primary amides is 1. The van der Waals surface area contributed by atoms with E-state index in [1.54, 1.807) is 0 Å². The number of hydrogen-bond acceptors (Lipinski definition) is 3. The average Bonchev–Trinajstić information content (AvgIpc) is 2.73. The number of likely N-dealkylation sites (tertiary alicyclic amines) is 2. The Hall–Kier alpha value is -1.10. The molecule has 1 amide bonds. The van der Waals surface area contributed by atoms with E-state index in [0.717, 1.165) is 32.5 Å². The summed E-state index contributed by atoms with van der Waals surface area (Å²) < 4.78 is 0. The number of hydrogen-bond donors (Lipinski definition) is 2. The Balaban J connectivity index is 2.08. The minimum atomic E-state index is -0.310. The van der Waals surface area contributed by atoms with Crippen LogP contribution in [-0.4, -0.2) is 52.8 Å². The van der Waals surface area contributed by atoms with Crippen LogP contribution in [0.4, 0.5) is 0 Å². The van der Waals surface area contributed by atoms with Gasteiger partial charge in [0.15, 0.2) is 0 Å². The molecule has 108 valence electrons. The SMILES string of the molecule is CC[C@@H](C(N)=O)N1CC2(CCCN2CC(C)C)C1=N. The van der Waals surface area contributed by atoms with Crippen molar-refractivity contribution in [1.82, 2.24) is 9.80 Å². The lowest BCUT2D eigenvalue weighted by Crippen LogP contribution is -2.75. The largest absolute Gasteiger partial charge is 0.368 e. The van der Waals surface area contributed by atoms with E-state index in [4.69, 9.17) is 11.1 Å². The van der Waals surface area contributed by atoms with Crippen LogP contribution in [0.2, 0.25) is 0 Å². The van der Waals surface area contributed by atoms with Gasteiger partial charge in [0.1, 0.15) is 11.9 Å². The Labute approximate surface area is 115 Å². The van der Waals surface area contributed by atoms with Crippen molar-refractivity contribution in [3.05, 3.63) is 0 Å². The Morgan fingerprint density at radius 1 is 1.53 bits per heavy atom. The molecule has 19 heavy (non-hydrogen) atoms. The third-order valence-electron chi connectivity index (χ3n) is 4.46. The van der Waals surface area contributed by atoms with E-state index in [9.17, 15) is 4.79 Å². The molecular formula is C14H26N4O. The highest BCUT2D eigenvalue weighted by molar-refractivity contribution is 5.99. The second kappa shape index (κ2) is 5.12. The number of amidine groups is 1. The van der Waals surface area contributed by atoms with Gasteiger partial charge >= 0.3 is 0 Å². The maximum Gasteiger partial charge on any atom is 0.240 e. The Morgan fingerprint density at radius 3 is 2.68 bits per heavy atom. The summed E-state index contributed by atoms with van der Waals surface area (Å²) in [6, 6.07) is -0.306. The molecule has 1 spiro atoms. The quantitative estimate of drug-likeness (QED) is 0.780. The lowest BCUT2D eigenvalue weighted by atomic mass is 9.82. The van der Waals surface area contributed by atoms with E-state index in [1.807, 2.05) is 11.8 Å². The monoisotopic (exact) mass is 266 g/mol. The summed E-state index contributed by atoms with van der Waals surface area (Å²) in [6.45, 7) is 9.27. The van der Waals surface area contributed by atoms with Gasteiger partial charge in [-0.3, -0.25) is 15.1 Å². The van der Waals surface area contributed by atoms with Crippen molar-refractivity contribution in [2.24, 2.45) is 11.7 Å². The predicted molar refractivity (Wildman–Crippen MR) is 76.1 cm³/mol. The van der Waals surface area contributed by atoms with E-state index in [1.165, 1.54) is 0 Å². The van der Waals surface area contributed by atoms with E-state index in [2.05, 4.69) is 18.7 Å². The van der Waals surface area contributed by atoms with Crippen LogP contribution in [0.15, 0.2) is 0 Å². The summed E-state index contributed by atoms with van der Waals surface area (Å²) in [4.78, 5) is 15.8. The standard InChI is InChI=1S/C14H26N4O/c1-4-11(12(15)19)18-9-14(13(18)16)6-5-7-17(14)8-10(2)3/h10-11,16H,4-9H2,1-3H3,(H2,15,19)/t11-,14?/m0/s1. The molecule has 2 aliphatic heterocycles. The molecule has 0 radical (unpaired) electrons. The van der Waals surface area contributed by atoms with E-state index in [0.29, 0.717) is 18.2 Å². The highest BCUT2D eigenvalue weighted by atomic mass is 16.1. The van der Waals surface area contributed by atoms with Crippen molar-refractivity contribution in [2.75, 3.05) is 19.6 Å². The van der Waals surface area contributed by atoms with Gasteiger partial charge in [0.2, 0.25) is 5.91 Å². The number of nitrogens with zero attached hydrogens (tertiary/aromatic N) is 2. The van der Waals surface area contributed by atoms with Crippen LogP contribution in [0.1, 0.15) is 40.0 Å². The summed E-state index contributed by atoms with van der Waals surface area (Å²) in [5.74, 6) is 0.904. The van der Waals surface area contributed by atoms with Crippen molar-refractivity contribution >= 4 is 11.7 Å². The van der Waals surface area contributed by atoms with Crippen LogP contribution in [0, 0.1) is 11.3 Å². The first-order chi connectivity index (χ1) is 8.92. The smallest absolute Gasteiger partial charge is 0.240 e. The molecule has 2 fully saturated rings. The van der Waals surface area contributed by atoms with Crippen LogP contribution in [0.3, 0.4) is 0 Å². The van der Waals surface area contributed by atoms with Gasteiger partial charge in [-0.25, -0.2) is 0 Å². The van der Waals surface area contributed by atoms with Crippen LogP contribution in [-0.2, 0) is 4.79 Å². The van der Waals surface area contributed by atoms with Crippen molar-refractivity contribution in [1.29, 1.82) is 5.41 Å². The first-order valence-corrected chi connectivity index (χ1v) is 7.32. The average molecular weight is 266 g/mol. The highest BCUT2D eigenvalue weighted by Gasteiger charge is 2.56. The van der Waals surface area contributed by atoms with Crippen molar-refractivity contribution in [3.8, 4) is 0 Å². The minimum absolute atomic E-state index is 0.104. The molecule has 2 heterocycles.